The maximum absolute atomic E-state index is 8.80. The zero-order chi connectivity index (χ0) is 11.3. The highest BCUT2D eigenvalue weighted by molar-refractivity contribution is 5.45. The van der Waals surface area contributed by atoms with E-state index in [4.69, 9.17) is 14.6 Å². The van der Waals surface area contributed by atoms with Gasteiger partial charge in [-0.1, -0.05) is 0 Å². The highest BCUT2D eigenvalue weighted by Gasteiger charge is 2.07. The first-order valence-electron chi connectivity index (χ1n) is 5.05. The number of aryl methyl sites for hydroxylation is 2. The maximum Gasteiger partial charge on any atom is 0.122 e. The molecular weight excluding hydrogens is 192 g/mol. The third-order valence-electron chi connectivity index (χ3n) is 2.40. The van der Waals surface area contributed by atoms with Crippen LogP contribution in [0, 0.1) is 6.92 Å². The third kappa shape index (κ3) is 2.86. The van der Waals surface area contributed by atoms with Gasteiger partial charge in [0, 0.05) is 6.61 Å². The highest BCUT2D eigenvalue weighted by Crippen LogP contribution is 2.28. The second-order valence-corrected chi connectivity index (χ2v) is 3.46. The van der Waals surface area contributed by atoms with Crippen LogP contribution < -0.4 is 9.47 Å². The predicted octanol–water partition coefficient (Wildman–Crippen LogP) is 1.94. The number of hydrogen-bond acceptors (Lipinski definition) is 3. The molecule has 0 aliphatic heterocycles. The molecule has 0 heterocycles. The Balaban J connectivity index is 2.99. The van der Waals surface area contributed by atoms with E-state index >= 15 is 0 Å². The van der Waals surface area contributed by atoms with Crippen molar-refractivity contribution in [3.8, 4) is 11.5 Å². The molecule has 84 valence electrons. The molecule has 0 fully saturated rings. The van der Waals surface area contributed by atoms with Crippen LogP contribution in [0.1, 0.15) is 17.5 Å². The zero-order valence-corrected chi connectivity index (χ0v) is 9.54. The van der Waals surface area contributed by atoms with Crippen molar-refractivity contribution >= 4 is 0 Å². The van der Waals surface area contributed by atoms with Crippen LogP contribution in [0.15, 0.2) is 12.1 Å². The Morgan fingerprint density at radius 1 is 1.13 bits per heavy atom. The number of aliphatic hydroxyl groups excluding tert-OH is 1. The number of benzene rings is 1. The number of rotatable bonds is 5. The summed E-state index contributed by atoms with van der Waals surface area (Å²) in [5, 5.41) is 8.80. The van der Waals surface area contributed by atoms with Crippen molar-refractivity contribution in [3.63, 3.8) is 0 Å². The van der Waals surface area contributed by atoms with Crippen molar-refractivity contribution in [3.05, 3.63) is 23.3 Å². The molecule has 0 saturated heterocycles. The van der Waals surface area contributed by atoms with Crippen LogP contribution >= 0.6 is 0 Å². The minimum atomic E-state index is 0.194. The lowest BCUT2D eigenvalue weighted by Crippen LogP contribution is -1.97. The zero-order valence-electron chi connectivity index (χ0n) is 9.54. The van der Waals surface area contributed by atoms with Crippen LogP contribution in [-0.2, 0) is 6.42 Å². The van der Waals surface area contributed by atoms with Crippen molar-refractivity contribution in [2.24, 2.45) is 0 Å². The van der Waals surface area contributed by atoms with E-state index in [2.05, 4.69) is 0 Å². The quantitative estimate of drug-likeness (QED) is 0.807. The molecule has 0 unspecified atom stereocenters. The van der Waals surface area contributed by atoms with Gasteiger partial charge in [0.15, 0.2) is 0 Å². The number of ether oxygens (including phenoxy) is 2. The molecule has 0 saturated carbocycles. The second-order valence-electron chi connectivity index (χ2n) is 3.46. The summed E-state index contributed by atoms with van der Waals surface area (Å²) in [5.41, 5.74) is 2.14. The third-order valence-corrected chi connectivity index (χ3v) is 2.40. The summed E-state index contributed by atoms with van der Waals surface area (Å²) in [5.74, 6) is 1.73. The first-order valence-corrected chi connectivity index (χ1v) is 5.05. The molecule has 0 aliphatic carbocycles. The molecular formula is C12H18O3. The van der Waals surface area contributed by atoms with E-state index < -0.39 is 0 Å². The van der Waals surface area contributed by atoms with Gasteiger partial charge in [0.1, 0.15) is 11.5 Å². The van der Waals surface area contributed by atoms with E-state index in [1.54, 1.807) is 14.2 Å². The molecule has 3 nitrogen and oxygen atoms in total. The lowest BCUT2D eigenvalue weighted by molar-refractivity contribution is 0.287. The van der Waals surface area contributed by atoms with Crippen LogP contribution in [0.2, 0.25) is 0 Å². The molecule has 0 spiro atoms. The molecule has 0 atom stereocenters. The lowest BCUT2D eigenvalue weighted by atomic mass is 10.1. The number of hydrogen-bond donors (Lipinski definition) is 1. The predicted molar refractivity (Wildman–Crippen MR) is 59.7 cm³/mol. The molecule has 0 aliphatic rings. The molecule has 1 aromatic carbocycles. The van der Waals surface area contributed by atoms with Crippen molar-refractivity contribution in [1.82, 2.24) is 0 Å². The van der Waals surface area contributed by atoms with E-state index in [1.807, 2.05) is 19.1 Å². The topological polar surface area (TPSA) is 38.7 Å². The lowest BCUT2D eigenvalue weighted by Gasteiger charge is -2.12. The van der Waals surface area contributed by atoms with Crippen LogP contribution in [0.4, 0.5) is 0 Å². The molecule has 1 N–H and O–H groups in total. The van der Waals surface area contributed by atoms with Gasteiger partial charge in [0.05, 0.1) is 14.2 Å². The Kier molecular flexibility index (Phi) is 4.43. The molecule has 0 radical (unpaired) electrons. The summed E-state index contributed by atoms with van der Waals surface area (Å²) in [6.07, 6.45) is 1.54. The summed E-state index contributed by atoms with van der Waals surface area (Å²) >= 11 is 0. The average molecular weight is 210 g/mol. The Morgan fingerprint density at radius 3 is 2.33 bits per heavy atom. The molecule has 3 heteroatoms. The average Bonchev–Trinajstić information content (AvgIpc) is 2.26. The monoisotopic (exact) mass is 210 g/mol. The number of methoxy groups -OCH3 is 2. The van der Waals surface area contributed by atoms with E-state index in [9.17, 15) is 0 Å². The van der Waals surface area contributed by atoms with Crippen LogP contribution in [0.25, 0.3) is 0 Å². The van der Waals surface area contributed by atoms with E-state index in [0.717, 1.165) is 35.5 Å². The largest absolute Gasteiger partial charge is 0.496 e. The van der Waals surface area contributed by atoms with Crippen molar-refractivity contribution in [2.75, 3.05) is 20.8 Å². The highest BCUT2D eigenvalue weighted by atomic mass is 16.5. The molecule has 0 amide bonds. The fourth-order valence-electron chi connectivity index (χ4n) is 1.58. The standard InChI is InChI=1S/C12H18O3/c1-9-7-12(15-3)10(5-4-6-13)8-11(9)14-2/h7-8,13H,4-6H2,1-3H3. The minimum absolute atomic E-state index is 0.194. The molecule has 0 aromatic heterocycles. The Bertz CT molecular complexity index is 321. The summed E-state index contributed by atoms with van der Waals surface area (Å²) in [7, 11) is 3.31. The Hall–Kier alpha value is -1.22. The van der Waals surface area contributed by atoms with Gasteiger partial charge in [-0.25, -0.2) is 0 Å². The van der Waals surface area contributed by atoms with Gasteiger partial charge >= 0.3 is 0 Å². The van der Waals surface area contributed by atoms with Gasteiger partial charge in [-0.2, -0.15) is 0 Å². The minimum Gasteiger partial charge on any atom is -0.496 e. The summed E-state index contributed by atoms with van der Waals surface area (Å²) < 4.78 is 10.5. The summed E-state index contributed by atoms with van der Waals surface area (Å²) in [6, 6.07) is 3.94. The van der Waals surface area contributed by atoms with Crippen LogP contribution in [0.5, 0.6) is 11.5 Å². The smallest absolute Gasteiger partial charge is 0.122 e. The van der Waals surface area contributed by atoms with E-state index in [0.29, 0.717) is 0 Å². The van der Waals surface area contributed by atoms with Crippen molar-refractivity contribution < 1.29 is 14.6 Å². The number of aliphatic hydroxyl groups is 1. The maximum atomic E-state index is 8.80. The van der Waals surface area contributed by atoms with E-state index in [1.165, 1.54) is 0 Å². The molecule has 1 aromatic rings. The van der Waals surface area contributed by atoms with Gasteiger partial charge < -0.3 is 14.6 Å². The summed E-state index contributed by atoms with van der Waals surface area (Å²) in [6.45, 7) is 2.18. The van der Waals surface area contributed by atoms with Gasteiger partial charge in [-0.05, 0) is 43.0 Å². The molecule has 0 bridgehead atoms. The first kappa shape index (κ1) is 11.9. The van der Waals surface area contributed by atoms with E-state index in [-0.39, 0.29) is 6.61 Å². The molecule has 15 heavy (non-hydrogen) atoms. The fourth-order valence-corrected chi connectivity index (χ4v) is 1.58. The van der Waals surface area contributed by atoms with Crippen LogP contribution in [0.3, 0.4) is 0 Å². The Labute approximate surface area is 90.6 Å². The normalized spacial score (nSPS) is 10.1. The van der Waals surface area contributed by atoms with Crippen LogP contribution in [-0.4, -0.2) is 25.9 Å². The molecule has 1 rings (SSSR count). The fraction of sp³-hybridized carbons (Fsp3) is 0.500. The SMILES string of the molecule is COc1cc(CCCO)c(OC)cc1C. The van der Waals surface area contributed by atoms with Gasteiger partial charge in [-0.15, -0.1) is 0 Å². The summed E-state index contributed by atoms with van der Waals surface area (Å²) in [4.78, 5) is 0. The Morgan fingerprint density at radius 2 is 1.80 bits per heavy atom. The van der Waals surface area contributed by atoms with Crippen molar-refractivity contribution in [2.45, 2.75) is 19.8 Å². The van der Waals surface area contributed by atoms with Gasteiger partial charge in [0.25, 0.3) is 0 Å². The van der Waals surface area contributed by atoms with Gasteiger partial charge in [-0.3, -0.25) is 0 Å². The second kappa shape index (κ2) is 5.61. The first-order chi connectivity index (χ1) is 7.22. The van der Waals surface area contributed by atoms with Gasteiger partial charge in [0.2, 0.25) is 0 Å². The van der Waals surface area contributed by atoms with Crippen molar-refractivity contribution in [1.29, 1.82) is 0 Å².